The molecule has 33 heavy (non-hydrogen) atoms. The number of hydrogen-bond acceptors (Lipinski definition) is 3. The van der Waals surface area contributed by atoms with Gasteiger partial charge in [0.2, 0.25) is 0 Å². The number of aromatic nitrogens is 1. The Hall–Kier alpha value is -3.64. The number of nitrogens with zero attached hydrogens (tertiary/aromatic N) is 2. The van der Waals surface area contributed by atoms with Gasteiger partial charge in [-0.1, -0.05) is 40.2 Å². The molecule has 5 nitrogen and oxygen atoms in total. The maximum absolute atomic E-state index is 12.5. The molecule has 1 N–H and O–H groups in total. The number of carbonyl (C=O) groups is 1. The van der Waals surface area contributed by atoms with Crippen molar-refractivity contribution in [2.24, 2.45) is 5.10 Å². The van der Waals surface area contributed by atoms with Crippen molar-refractivity contribution in [3.63, 3.8) is 0 Å². The topological polar surface area (TPSA) is 55.6 Å². The van der Waals surface area contributed by atoms with Crippen LogP contribution in [0.2, 0.25) is 0 Å². The van der Waals surface area contributed by atoms with Crippen molar-refractivity contribution in [2.75, 3.05) is 0 Å². The van der Waals surface area contributed by atoms with Gasteiger partial charge in [-0.2, -0.15) is 5.10 Å². The first kappa shape index (κ1) is 22.6. The van der Waals surface area contributed by atoms with Gasteiger partial charge in [0.25, 0.3) is 5.91 Å². The second-order valence-electron chi connectivity index (χ2n) is 7.65. The minimum atomic E-state index is -0.271. The zero-order valence-electron chi connectivity index (χ0n) is 18.5. The first-order valence-corrected chi connectivity index (χ1v) is 11.4. The molecule has 0 spiro atoms. The highest BCUT2D eigenvalue weighted by Crippen LogP contribution is 2.19. The highest BCUT2D eigenvalue weighted by Gasteiger charge is 2.08. The molecule has 6 heteroatoms. The molecule has 166 valence electrons. The quantitative estimate of drug-likeness (QED) is 0.242. The number of aryl methyl sites for hydroxylation is 2. The molecule has 1 heterocycles. The molecule has 0 aliphatic rings. The van der Waals surface area contributed by atoms with E-state index in [-0.39, 0.29) is 5.91 Å². The zero-order valence-corrected chi connectivity index (χ0v) is 20.0. The third-order valence-corrected chi connectivity index (χ3v) is 5.78. The molecule has 0 saturated carbocycles. The molecule has 0 fully saturated rings. The smallest absolute Gasteiger partial charge is 0.271 e. The average Bonchev–Trinajstić information content (AvgIpc) is 3.17. The monoisotopic (exact) mass is 501 g/mol. The Morgan fingerprint density at radius 2 is 1.61 bits per heavy atom. The first-order chi connectivity index (χ1) is 16.0. The average molecular weight is 502 g/mol. The van der Waals surface area contributed by atoms with Crippen LogP contribution < -0.4 is 10.2 Å². The molecule has 4 rings (SSSR count). The fourth-order valence-electron chi connectivity index (χ4n) is 3.52. The van der Waals surface area contributed by atoms with Crippen molar-refractivity contribution in [1.29, 1.82) is 0 Å². The molecule has 4 aromatic rings. The summed E-state index contributed by atoms with van der Waals surface area (Å²) in [5.74, 6) is 0.423. The van der Waals surface area contributed by atoms with E-state index in [0.717, 1.165) is 32.7 Å². The van der Waals surface area contributed by atoms with Crippen LogP contribution in [0.5, 0.6) is 5.75 Å². The summed E-state index contributed by atoms with van der Waals surface area (Å²) in [4.78, 5) is 12.5. The van der Waals surface area contributed by atoms with Crippen molar-refractivity contribution >= 4 is 28.1 Å². The van der Waals surface area contributed by atoms with Crippen LogP contribution in [0.25, 0.3) is 5.69 Å². The number of carbonyl (C=O) groups excluding carboxylic acids is 1. The molecule has 1 aromatic heterocycles. The van der Waals surface area contributed by atoms with Gasteiger partial charge >= 0.3 is 0 Å². The van der Waals surface area contributed by atoms with Crippen molar-refractivity contribution in [3.8, 4) is 11.4 Å². The lowest BCUT2D eigenvalue weighted by atomic mass is 10.2. The van der Waals surface area contributed by atoms with E-state index in [0.29, 0.717) is 17.9 Å². The number of benzene rings is 3. The van der Waals surface area contributed by atoms with Crippen LogP contribution >= 0.6 is 15.9 Å². The Kier molecular flexibility index (Phi) is 7.05. The van der Waals surface area contributed by atoms with Gasteiger partial charge in [-0.05, 0) is 80.1 Å². The van der Waals surface area contributed by atoms with Gasteiger partial charge < -0.3 is 9.30 Å². The summed E-state index contributed by atoms with van der Waals surface area (Å²) >= 11 is 3.43. The number of hydrazone groups is 1. The number of rotatable bonds is 7. The predicted octanol–water partition coefficient (Wildman–Crippen LogP) is 6.20. The van der Waals surface area contributed by atoms with Gasteiger partial charge in [0.1, 0.15) is 12.4 Å². The van der Waals surface area contributed by atoms with Crippen LogP contribution in [-0.2, 0) is 6.61 Å². The van der Waals surface area contributed by atoms with E-state index in [1.165, 1.54) is 0 Å². The summed E-state index contributed by atoms with van der Waals surface area (Å²) in [5, 5.41) is 4.13. The minimum absolute atomic E-state index is 0.271. The van der Waals surface area contributed by atoms with E-state index < -0.39 is 0 Å². The van der Waals surface area contributed by atoms with Crippen molar-refractivity contribution < 1.29 is 9.53 Å². The van der Waals surface area contributed by atoms with Crippen LogP contribution in [-0.4, -0.2) is 16.7 Å². The van der Waals surface area contributed by atoms with Gasteiger partial charge in [-0.15, -0.1) is 0 Å². The standard InChI is InChI=1S/C27H24BrN3O2/c1-19-7-8-20(2)31(19)25-15-11-22(12-16-25)27(32)30-29-17-23-5-3-4-6-26(23)33-18-21-9-13-24(28)14-10-21/h3-17H,18H2,1-2H3,(H,30,32). The Morgan fingerprint density at radius 3 is 2.30 bits per heavy atom. The Labute approximate surface area is 201 Å². The molecular formula is C27H24BrN3O2. The van der Waals surface area contributed by atoms with Crippen LogP contribution in [0.1, 0.15) is 32.9 Å². The summed E-state index contributed by atoms with van der Waals surface area (Å²) in [6.07, 6.45) is 1.59. The second kappa shape index (κ2) is 10.3. The van der Waals surface area contributed by atoms with E-state index in [1.54, 1.807) is 18.3 Å². The van der Waals surface area contributed by atoms with E-state index in [9.17, 15) is 4.79 Å². The largest absolute Gasteiger partial charge is 0.488 e. The third kappa shape index (κ3) is 5.59. The summed E-state index contributed by atoms with van der Waals surface area (Å²) in [5.41, 5.74) is 8.30. The lowest BCUT2D eigenvalue weighted by Gasteiger charge is -2.10. The maximum Gasteiger partial charge on any atom is 0.271 e. The second-order valence-corrected chi connectivity index (χ2v) is 8.57. The summed E-state index contributed by atoms with van der Waals surface area (Å²) in [6, 6.07) is 27.2. The molecule has 0 radical (unpaired) electrons. The number of nitrogens with one attached hydrogen (secondary N) is 1. The number of para-hydroxylation sites is 1. The normalized spacial score (nSPS) is 11.0. The molecule has 0 atom stereocenters. The molecule has 0 unspecified atom stereocenters. The SMILES string of the molecule is Cc1ccc(C)n1-c1ccc(C(=O)NN=Cc2ccccc2OCc2ccc(Br)cc2)cc1. The summed E-state index contributed by atoms with van der Waals surface area (Å²) in [6.45, 7) is 4.56. The van der Waals surface area contributed by atoms with Gasteiger partial charge in [0.05, 0.1) is 6.21 Å². The lowest BCUT2D eigenvalue weighted by molar-refractivity contribution is 0.0955. The summed E-state index contributed by atoms with van der Waals surface area (Å²) < 4.78 is 9.12. The fraction of sp³-hybridized carbons (Fsp3) is 0.111. The van der Waals surface area contributed by atoms with E-state index >= 15 is 0 Å². The van der Waals surface area contributed by atoms with Gasteiger partial charge in [-0.25, -0.2) is 5.43 Å². The van der Waals surface area contributed by atoms with Crippen LogP contribution in [0.4, 0.5) is 0 Å². The first-order valence-electron chi connectivity index (χ1n) is 10.6. The highest BCUT2D eigenvalue weighted by molar-refractivity contribution is 9.10. The van der Waals surface area contributed by atoms with Crippen molar-refractivity contribution in [3.05, 3.63) is 117 Å². The van der Waals surface area contributed by atoms with E-state index in [1.807, 2.05) is 60.7 Å². The van der Waals surface area contributed by atoms with Crippen LogP contribution in [0.15, 0.2) is 94.5 Å². The molecule has 0 aliphatic heterocycles. The van der Waals surface area contributed by atoms with Gasteiger partial charge in [0.15, 0.2) is 0 Å². The number of hydrogen-bond donors (Lipinski definition) is 1. The van der Waals surface area contributed by atoms with Crippen molar-refractivity contribution in [2.45, 2.75) is 20.5 Å². The Balaban J connectivity index is 1.39. The lowest BCUT2D eigenvalue weighted by Crippen LogP contribution is -2.17. The highest BCUT2D eigenvalue weighted by atomic mass is 79.9. The minimum Gasteiger partial charge on any atom is -0.488 e. The molecule has 0 saturated heterocycles. The van der Waals surface area contributed by atoms with Gasteiger partial charge in [0, 0.05) is 32.7 Å². The molecule has 1 amide bonds. The maximum atomic E-state index is 12.5. The molecule has 0 aliphatic carbocycles. The number of halogens is 1. The summed E-state index contributed by atoms with van der Waals surface area (Å²) in [7, 11) is 0. The number of ether oxygens (including phenoxy) is 1. The van der Waals surface area contributed by atoms with E-state index in [2.05, 4.69) is 57.0 Å². The molecule has 0 bridgehead atoms. The zero-order chi connectivity index (χ0) is 23.2. The van der Waals surface area contributed by atoms with E-state index in [4.69, 9.17) is 4.74 Å². The molecular weight excluding hydrogens is 478 g/mol. The molecule has 3 aromatic carbocycles. The van der Waals surface area contributed by atoms with Crippen LogP contribution in [0, 0.1) is 13.8 Å². The predicted molar refractivity (Wildman–Crippen MR) is 135 cm³/mol. The Bertz CT molecular complexity index is 1260. The fourth-order valence-corrected chi connectivity index (χ4v) is 3.79. The van der Waals surface area contributed by atoms with Crippen LogP contribution in [0.3, 0.4) is 0 Å². The Morgan fingerprint density at radius 1 is 0.939 bits per heavy atom. The van der Waals surface area contributed by atoms with Gasteiger partial charge in [-0.3, -0.25) is 4.79 Å². The number of amides is 1. The van der Waals surface area contributed by atoms with Crippen molar-refractivity contribution in [1.82, 2.24) is 9.99 Å². The third-order valence-electron chi connectivity index (χ3n) is 5.26.